The lowest BCUT2D eigenvalue weighted by Crippen LogP contribution is -2.26. The molecule has 0 aliphatic heterocycles. The summed E-state index contributed by atoms with van der Waals surface area (Å²) in [4.78, 5) is 15.7. The second-order valence-corrected chi connectivity index (χ2v) is 3.96. The van der Waals surface area contributed by atoms with Crippen molar-refractivity contribution in [3.63, 3.8) is 0 Å². The summed E-state index contributed by atoms with van der Waals surface area (Å²) in [5.41, 5.74) is 7.11. The van der Waals surface area contributed by atoms with E-state index in [1.165, 1.54) is 0 Å². The quantitative estimate of drug-likeness (QED) is 0.814. The van der Waals surface area contributed by atoms with Crippen LogP contribution in [-0.4, -0.2) is 27.2 Å². The van der Waals surface area contributed by atoms with Gasteiger partial charge in [-0.2, -0.15) is 5.10 Å². The Morgan fingerprint density at radius 2 is 2.39 bits per heavy atom. The Morgan fingerprint density at radius 1 is 1.56 bits per heavy atom. The lowest BCUT2D eigenvalue weighted by Gasteiger charge is -2.05. The van der Waals surface area contributed by atoms with Crippen LogP contribution in [0.3, 0.4) is 0 Å². The maximum absolute atomic E-state index is 11.8. The molecule has 0 atom stereocenters. The van der Waals surface area contributed by atoms with Crippen LogP contribution in [-0.2, 0) is 13.5 Å². The fourth-order valence-electron chi connectivity index (χ4n) is 1.63. The summed E-state index contributed by atoms with van der Waals surface area (Å²) in [7, 11) is 1.86. The summed E-state index contributed by atoms with van der Waals surface area (Å²) in [6.45, 7) is 0.541. The molecule has 0 saturated heterocycles. The van der Waals surface area contributed by atoms with Gasteiger partial charge in [0.05, 0.1) is 11.8 Å². The van der Waals surface area contributed by atoms with E-state index in [0.717, 1.165) is 12.0 Å². The van der Waals surface area contributed by atoms with Gasteiger partial charge in [0, 0.05) is 26.0 Å². The van der Waals surface area contributed by atoms with Crippen molar-refractivity contribution < 1.29 is 4.79 Å². The van der Waals surface area contributed by atoms with E-state index in [9.17, 15) is 4.79 Å². The van der Waals surface area contributed by atoms with Crippen LogP contribution in [0.15, 0.2) is 30.7 Å². The number of pyridine rings is 1. The lowest BCUT2D eigenvalue weighted by molar-refractivity contribution is 0.0955. The molecule has 3 N–H and O–H groups in total. The van der Waals surface area contributed by atoms with Crippen LogP contribution in [0.1, 0.15) is 15.9 Å². The van der Waals surface area contributed by atoms with Crippen molar-refractivity contribution in [3.05, 3.63) is 41.9 Å². The first kappa shape index (κ1) is 12.1. The van der Waals surface area contributed by atoms with Crippen molar-refractivity contribution in [1.29, 1.82) is 0 Å². The van der Waals surface area contributed by atoms with Gasteiger partial charge in [0.2, 0.25) is 0 Å². The van der Waals surface area contributed by atoms with Gasteiger partial charge >= 0.3 is 0 Å². The van der Waals surface area contributed by atoms with Gasteiger partial charge in [-0.25, -0.2) is 4.98 Å². The number of hydrogen-bond donors (Lipinski definition) is 2. The summed E-state index contributed by atoms with van der Waals surface area (Å²) in [6.07, 6.45) is 6.00. The van der Waals surface area contributed by atoms with Gasteiger partial charge in [-0.3, -0.25) is 9.48 Å². The minimum absolute atomic E-state index is 0.204. The highest BCUT2D eigenvalue weighted by molar-refractivity contribution is 5.98. The lowest BCUT2D eigenvalue weighted by atomic mass is 10.2. The molecule has 2 heterocycles. The van der Waals surface area contributed by atoms with Crippen LogP contribution in [0.2, 0.25) is 0 Å². The van der Waals surface area contributed by atoms with Gasteiger partial charge in [0.15, 0.2) is 0 Å². The summed E-state index contributed by atoms with van der Waals surface area (Å²) in [6, 6.07) is 3.34. The number of nitrogens with two attached hydrogens (primary N) is 1. The van der Waals surface area contributed by atoms with Crippen molar-refractivity contribution in [2.24, 2.45) is 7.05 Å². The summed E-state index contributed by atoms with van der Waals surface area (Å²) in [5, 5.41) is 6.86. The van der Waals surface area contributed by atoms with Crippen molar-refractivity contribution in [1.82, 2.24) is 20.1 Å². The fraction of sp³-hybridized carbons (Fsp3) is 0.250. The van der Waals surface area contributed by atoms with Gasteiger partial charge in [-0.15, -0.1) is 0 Å². The Kier molecular flexibility index (Phi) is 3.57. The fourth-order valence-corrected chi connectivity index (χ4v) is 1.63. The number of nitrogens with zero attached hydrogens (tertiary/aromatic N) is 3. The number of nitrogens with one attached hydrogen (secondary N) is 1. The Hall–Kier alpha value is -2.37. The summed E-state index contributed by atoms with van der Waals surface area (Å²) < 4.78 is 1.73. The predicted molar refractivity (Wildman–Crippen MR) is 67.9 cm³/mol. The first-order valence-corrected chi connectivity index (χ1v) is 5.63. The van der Waals surface area contributed by atoms with E-state index in [4.69, 9.17) is 5.73 Å². The first-order valence-electron chi connectivity index (χ1n) is 5.63. The zero-order valence-electron chi connectivity index (χ0n) is 10.1. The predicted octanol–water partition coefficient (Wildman–Crippen LogP) is 0.370. The van der Waals surface area contributed by atoms with E-state index in [0.29, 0.717) is 12.1 Å². The number of rotatable bonds is 4. The molecule has 0 aromatic carbocycles. The molecule has 6 nitrogen and oxygen atoms in total. The molecule has 0 bridgehead atoms. The second kappa shape index (κ2) is 5.31. The maximum Gasteiger partial charge on any atom is 0.255 e. The Labute approximate surface area is 105 Å². The minimum atomic E-state index is -0.204. The third-order valence-corrected chi connectivity index (χ3v) is 2.54. The average Bonchev–Trinajstić information content (AvgIpc) is 2.75. The molecule has 0 aliphatic rings. The summed E-state index contributed by atoms with van der Waals surface area (Å²) >= 11 is 0. The van der Waals surface area contributed by atoms with E-state index >= 15 is 0 Å². The topological polar surface area (TPSA) is 85.8 Å². The zero-order chi connectivity index (χ0) is 13.0. The maximum atomic E-state index is 11.8. The Bertz CT molecular complexity index is 549. The van der Waals surface area contributed by atoms with Gasteiger partial charge in [-0.05, 0) is 24.1 Å². The molecule has 0 saturated carbocycles. The van der Waals surface area contributed by atoms with Crippen LogP contribution in [0.4, 0.5) is 5.82 Å². The minimum Gasteiger partial charge on any atom is -0.383 e. The highest BCUT2D eigenvalue weighted by atomic mass is 16.1. The van der Waals surface area contributed by atoms with Crippen LogP contribution in [0, 0.1) is 0 Å². The first-order chi connectivity index (χ1) is 8.66. The zero-order valence-corrected chi connectivity index (χ0v) is 10.1. The van der Waals surface area contributed by atoms with Crippen molar-refractivity contribution in [2.45, 2.75) is 6.42 Å². The third kappa shape index (κ3) is 2.85. The largest absolute Gasteiger partial charge is 0.383 e. The van der Waals surface area contributed by atoms with Crippen molar-refractivity contribution in [2.75, 3.05) is 12.3 Å². The van der Waals surface area contributed by atoms with E-state index in [1.54, 1.807) is 29.2 Å². The van der Waals surface area contributed by atoms with Gasteiger partial charge in [0.25, 0.3) is 5.91 Å². The van der Waals surface area contributed by atoms with Crippen LogP contribution in [0.5, 0.6) is 0 Å². The molecule has 2 rings (SSSR count). The normalized spacial score (nSPS) is 10.3. The molecule has 6 heteroatoms. The Morgan fingerprint density at radius 3 is 3.06 bits per heavy atom. The number of anilines is 1. The van der Waals surface area contributed by atoms with E-state index in [-0.39, 0.29) is 11.7 Å². The van der Waals surface area contributed by atoms with E-state index < -0.39 is 0 Å². The number of carbonyl (C=O) groups is 1. The molecule has 94 valence electrons. The van der Waals surface area contributed by atoms with Crippen LogP contribution < -0.4 is 11.1 Å². The van der Waals surface area contributed by atoms with Gasteiger partial charge in [0.1, 0.15) is 5.82 Å². The Balaban J connectivity index is 1.87. The molecular weight excluding hydrogens is 230 g/mol. The van der Waals surface area contributed by atoms with E-state index in [1.807, 2.05) is 13.2 Å². The molecule has 0 radical (unpaired) electrons. The van der Waals surface area contributed by atoms with Crippen molar-refractivity contribution in [3.8, 4) is 0 Å². The monoisotopic (exact) mass is 245 g/mol. The molecular formula is C12H15N5O. The number of hydrogen-bond acceptors (Lipinski definition) is 4. The molecule has 2 aromatic heterocycles. The second-order valence-electron chi connectivity index (χ2n) is 3.96. The number of aromatic nitrogens is 3. The number of amides is 1. The van der Waals surface area contributed by atoms with Crippen LogP contribution >= 0.6 is 0 Å². The average molecular weight is 245 g/mol. The smallest absolute Gasteiger partial charge is 0.255 e. The molecule has 0 spiro atoms. The number of aryl methyl sites for hydroxylation is 1. The van der Waals surface area contributed by atoms with Gasteiger partial charge < -0.3 is 11.1 Å². The van der Waals surface area contributed by atoms with E-state index in [2.05, 4.69) is 15.4 Å². The molecule has 18 heavy (non-hydrogen) atoms. The highest BCUT2D eigenvalue weighted by Gasteiger charge is 2.09. The van der Waals surface area contributed by atoms with Crippen molar-refractivity contribution >= 4 is 11.7 Å². The molecule has 0 aliphatic carbocycles. The molecule has 1 amide bonds. The number of carbonyl (C=O) groups excluding carboxylic acids is 1. The standard InChI is InChI=1S/C12H15N5O/c1-17-8-9(7-16-17)4-6-15-12(18)10-3-2-5-14-11(10)13/h2-3,5,7-8H,4,6H2,1H3,(H2,13,14)(H,15,18). The SMILES string of the molecule is Cn1cc(CCNC(=O)c2cccnc2N)cn1. The third-order valence-electron chi connectivity index (χ3n) is 2.54. The number of nitrogen functional groups attached to an aromatic ring is 1. The highest BCUT2D eigenvalue weighted by Crippen LogP contribution is 2.06. The molecule has 0 unspecified atom stereocenters. The van der Waals surface area contributed by atoms with Crippen LogP contribution in [0.25, 0.3) is 0 Å². The molecule has 0 fully saturated rings. The molecule has 2 aromatic rings. The summed E-state index contributed by atoms with van der Waals surface area (Å²) in [5.74, 6) is 0.0425. The van der Waals surface area contributed by atoms with Gasteiger partial charge in [-0.1, -0.05) is 0 Å².